The van der Waals surface area contributed by atoms with E-state index in [2.05, 4.69) is 5.32 Å². The van der Waals surface area contributed by atoms with E-state index >= 15 is 0 Å². The van der Waals surface area contributed by atoms with Crippen molar-refractivity contribution in [3.63, 3.8) is 0 Å². The Bertz CT molecular complexity index is 1040. The fourth-order valence-electron chi connectivity index (χ4n) is 3.46. The maximum absolute atomic E-state index is 13.3. The number of hydrogen-bond acceptors (Lipinski definition) is 3. The topological polar surface area (TPSA) is 58.6 Å². The molecule has 1 aliphatic heterocycles. The first-order chi connectivity index (χ1) is 14.0. The average molecular weight is 390 g/mol. The van der Waals surface area contributed by atoms with Gasteiger partial charge in [-0.2, -0.15) is 0 Å². The Kier molecular flexibility index (Phi) is 4.99. The van der Waals surface area contributed by atoms with E-state index in [1.807, 2.05) is 48.5 Å². The predicted molar refractivity (Wildman–Crippen MR) is 107 cm³/mol. The Labute approximate surface area is 167 Å². The lowest BCUT2D eigenvalue weighted by atomic mass is 9.87. The van der Waals surface area contributed by atoms with E-state index in [1.165, 1.54) is 23.1 Å². The van der Waals surface area contributed by atoms with Crippen molar-refractivity contribution in [3.05, 3.63) is 89.7 Å². The molecule has 3 aromatic rings. The predicted octanol–water partition coefficient (Wildman–Crippen LogP) is 4.16. The first-order valence-electron chi connectivity index (χ1n) is 9.19. The van der Waals surface area contributed by atoms with Gasteiger partial charge in [-0.25, -0.2) is 4.39 Å². The summed E-state index contributed by atoms with van der Waals surface area (Å²) in [6, 6.07) is 20.4. The van der Waals surface area contributed by atoms with Crippen LogP contribution in [-0.4, -0.2) is 30.3 Å². The lowest BCUT2D eigenvalue weighted by Gasteiger charge is -2.30. The Morgan fingerprint density at radius 1 is 0.966 bits per heavy atom. The minimum absolute atomic E-state index is 0.156. The second-order valence-corrected chi connectivity index (χ2v) is 6.86. The smallest absolute Gasteiger partial charge is 0.243 e. The zero-order valence-corrected chi connectivity index (χ0v) is 15.8. The number of likely N-dealkylation sites (N-methyl/N-ethyl adjacent to an activating group) is 1. The van der Waals surface area contributed by atoms with Crippen LogP contribution in [0.15, 0.2) is 72.8 Å². The van der Waals surface area contributed by atoms with Gasteiger partial charge < -0.3 is 15.0 Å². The van der Waals surface area contributed by atoms with Gasteiger partial charge in [0.25, 0.3) is 0 Å². The second kappa shape index (κ2) is 7.75. The van der Waals surface area contributed by atoms with Gasteiger partial charge in [-0.1, -0.05) is 42.5 Å². The molecule has 5 nitrogen and oxygen atoms in total. The summed E-state index contributed by atoms with van der Waals surface area (Å²) >= 11 is 0. The normalized spacial score (nSPS) is 12.3. The molecule has 1 N–H and O–H groups in total. The number of ether oxygens (including phenoxy) is 1. The van der Waals surface area contributed by atoms with Crippen molar-refractivity contribution < 1.29 is 18.7 Å². The standard InChI is InChI=1S/C23H19FN2O3/c1-26(14-21(27)25-16-8-6-7-15(24)13-16)23(28)22-17-9-2-4-11-19(17)29-20-12-5-3-10-18(20)22/h2-13,22H,14H2,1H3,(H,25,27). The van der Waals surface area contributed by atoms with Crippen molar-refractivity contribution in [1.82, 2.24) is 4.90 Å². The van der Waals surface area contributed by atoms with E-state index in [4.69, 9.17) is 4.74 Å². The van der Waals surface area contributed by atoms with Crippen molar-refractivity contribution in [2.75, 3.05) is 18.9 Å². The largest absolute Gasteiger partial charge is 0.457 e. The number of carbonyl (C=O) groups is 2. The number of para-hydroxylation sites is 2. The van der Waals surface area contributed by atoms with E-state index in [-0.39, 0.29) is 12.5 Å². The van der Waals surface area contributed by atoms with Crippen LogP contribution < -0.4 is 10.1 Å². The summed E-state index contributed by atoms with van der Waals surface area (Å²) in [5.41, 5.74) is 1.86. The maximum Gasteiger partial charge on any atom is 0.243 e. The Hall–Kier alpha value is -3.67. The van der Waals surface area contributed by atoms with Crippen molar-refractivity contribution >= 4 is 17.5 Å². The van der Waals surface area contributed by atoms with Crippen LogP contribution in [-0.2, 0) is 9.59 Å². The Morgan fingerprint density at radius 3 is 2.21 bits per heavy atom. The molecule has 3 aromatic carbocycles. The zero-order chi connectivity index (χ0) is 20.4. The quantitative estimate of drug-likeness (QED) is 0.728. The molecule has 2 amide bonds. The van der Waals surface area contributed by atoms with Crippen LogP contribution in [0.25, 0.3) is 0 Å². The lowest BCUT2D eigenvalue weighted by molar-refractivity contribution is -0.134. The summed E-state index contributed by atoms with van der Waals surface area (Å²) in [4.78, 5) is 27.0. The fraction of sp³-hybridized carbons (Fsp3) is 0.130. The van der Waals surface area contributed by atoms with Gasteiger partial charge in [-0.3, -0.25) is 9.59 Å². The minimum Gasteiger partial charge on any atom is -0.457 e. The van der Waals surface area contributed by atoms with Gasteiger partial charge in [0.15, 0.2) is 0 Å². The first kappa shape index (κ1) is 18.7. The third-order valence-corrected chi connectivity index (χ3v) is 4.79. The molecule has 1 aliphatic rings. The number of nitrogens with zero attached hydrogens (tertiary/aromatic N) is 1. The van der Waals surface area contributed by atoms with E-state index in [0.717, 1.165) is 11.1 Å². The van der Waals surface area contributed by atoms with Crippen LogP contribution in [0.1, 0.15) is 17.0 Å². The molecule has 0 unspecified atom stereocenters. The van der Waals surface area contributed by atoms with Crippen LogP contribution in [0, 0.1) is 5.82 Å². The molecule has 0 aliphatic carbocycles. The Morgan fingerprint density at radius 2 is 1.59 bits per heavy atom. The van der Waals surface area contributed by atoms with Crippen molar-refractivity contribution in [1.29, 1.82) is 0 Å². The number of amides is 2. The molecule has 0 radical (unpaired) electrons. The monoisotopic (exact) mass is 390 g/mol. The van der Waals surface area contributed by atoms with Crippen LogP contribution >= 0.6 is 0 Å². The van der Waals surface area contributed by atoms with E-state index in [9.17, 15) is 14.0 Å². The third kappa shape index (κ3) is 3.82. The highest BCUT2D eigenvalue weighted by atomic mass is 19.1. The molecule has 29 heavy (non-hydrogen) atoms. The highest BCUT2D eigenvalue weighted by molar-refractivity contribution is 5.96. The van der Waals surface area contributed by atoms with Gasteiger partial charge in [-0.05, 0) is 30.3 Å². The molecule has 0 saturated carbocycles. The molecular formula is C23H19FN2O3. The molecule has 1 heterocycles. The summed E-state index contributed by atoms with van der Waals surface area (Å²) in [5, 5.41) is 2.61. The molecule has 0 bridgehead atoms. The van der Waals surface area contributed by atoms with Gasteiger partial charge in [0.2, 0.25) is 11.8 Å². The first-order valence-corrected chi connectivity index (χ1v) is 9.19. The highest BCUT2D eigenvalue weighted by Crippen LogP contribution is 2.44. The minimum atomic E-state index is -0.567. The van der Waals surface area contributed by atoms with Crippen LogP contribution in [0.5, 0.6) is 11.5 Å². The molecule has 0 spiro atoms. The van der Waals surface area contributed by atoms with E-state index in [0.29, 0.717) is 17.2 Å². The average Bonchev–Trinajstić information content (AvgIpc) is 2.71. The summed E-state index contributed by atoms with van der Waals surface area (Å²) in [6.45, 7) is -0.156. The van der Waals surface area contributed by atoms with Gasteiger partial charge in [-0.15, -0.1) is 0 Å². The number of hydrogen-bond donors (Lipinski definition) is 1. The summed E-state index contributed by atoms with van der Waals surface area (Å²) < 4.78 is 19.2. The number of nitrogens with one attached hydrogen (secondary N) is 1. The van der Waals surface area contributed by atoms with Gasteiger partial charge in [0, 0.05) is 23.9 Å². The van der Waals surface area contributed by atoms with E-state index < -0.39 is 17.6 Å². The number of carbonyl (C=O) groups excluding carboxylic acids is 2. The van der Waals surface area contributed by atoms with Gasteiger partial charge in [0.05, 0.1) is 12.5 Å². The summed E-state index contributed by atoms with van der Waals surface area (Å²) in [5.74, 6) is -0.377. The second-order valence-electron chi connectivity index (χ2n) is 6.86. The molecule has 6 heteroatoms. The van der Waals surface area contributed by atoms with Crippen LogP contribution in [0.2, 0.25) is 0 Å². The summed E-state index contributed by atoms with van der Waals surface area (Å²) in [7, 11) is 1.58. The number of anilines is 1. The third-order valence-electron chi connectivity index (χ3n) is 4.79. The molecule has 4 rings (SSSR count). The van der Waals surface area contributed by atoms with Crippen LogP contribution in [0.4, 0.5) is 10.1 Å². The van der Waals surface area contributed by atoms with Gasteiger partial charge in [0.1, 0.15) is 17.3 Å². The fourth-order valence-corrected chi connectivity index (χ4v) is 3.46. The molecule has 146 valence electrons. The van der Waals surface area contributed by atoms with Crippen LogP contribution in [0.3, 0.4) is 0 Å². The highest BCUT2D eigenvalue weighted by Gasteiger charge is 2.34. The zero-order valence-electron chi connectivity index (χ0n) is 15.8. The van der Waals surface area contributed by atoms with Gasteiger partial charge >= 0.3 is 0 Å². The Balaban J connectivity index is 1.55. The number of halogens is 1. The molecule has 0 saturated heterocycles. The SMILES string of the molecule is CN(CC(=O)Nc1cccc(F)c1)C(=O)C1c2ccccc2Oc2ccccc21. The number of fused-ring (bicyclic) bond motifs is 2. The lowest BCUT2D eigenvalue weighted by Crippen LogP contribution is -2.38. The molecule has 0 fully saturated rings. The van der Waals surface area contributed by atoms with Crippen molar-refractivity contribution in [2.45, 2.75) is 5.92 Å². The van der Waals surface area contributed by atoms with E-state index in [1.54, 1.807) is 13.1 Å². The maximum atomic E-state index is 13.3. The van der Waals surface area contributed by atoms with Crippen molar-refractivity contribution in [2.24, 2.45) is 0 Å². The molecular weight excluding hydrogens is 371 g/mol. The number of benzene rings is 3. The summed E-state index contributed by atoms with van der Waals surface area (Å²) in [6.07, 6.45) is 0. The molecule has 0 atom stereocenters. The molecule has 0 aromatic heterocycles. The number of rotatable bonds is 4. The van der Waals surface area contributed by atoms with Crippen molar-refractivity contribution in [3.8, 4) is 11.5 Å².